The van der Waals surface area contributed by atoms with Gasteiger partial charge in [-0.1, -0.05) is 101 Å². The first-order valence-electron chi connectivity index (χ1n) is 19.4. The van der Waals surface area contributed by atoms with Gasteiger partial charge in [0.2, 0.25) is 0 Å². The Bertz CT molecular complexity index is 2250. The van der Waals surface area contributed by atoms with Crippen LogP contribution in [0.1, 0.15) is 65.2 Å². The zero-order valence-electron chi connectivity index (χ0n) is 31.1. The van der Waals surface area contributed by atoms with E-state index in [2.05, 4.69) is 135 Å². The van der Waals surface area contributed by atoms with Crippen LogP contribution in [0.4, 0.5) is 0 Å². The minimum absolute atomic E-state index is 0.785. The summed E-state index contributed by atoms with van der Waals surface area (Å²) in [5.41, 5.74) is 2.48. The molecule has 54 heavy (non-hydrogen) atoms. The lowest BCUT2D eigenvalue weighted by Gasteiger charge is -2.07. The van der Waals surface area contributed by atoms with Crippen LogP contribution in [-0.2, 0) is 0 Å². The molecule has 6 heteroatoms. The van der Waals surface area contributed by atoms with Crippen LogP contribution in [0.15, 0.2) is 121 Å². The molecule has 4 heterocycles. The average molecular weight is 783 g/mol. The van der Waals surface area contributed by atoms with Gasteiger partial charge in [0.05, 0.1) is 23.0 Å². The van der Waals surface area contributed by atoms with Crippen LogP contribution in [0.3, 0.4) is 0 Å². The van der Waals surface area contributed by atoms with Crippen LogP contribution in [0.25, 0.3) is 71.7 Å². The van der Waals surface area contributed by atoms with Crippen molar-refractivity contribution in [3.63, 3.8) is 0 Å². The van der Waals surface area contributed by atoms with Crippen LogP contribution in [-0.4, -0.2) is 13.2 Å². The number of thiophene rings is 4. The van der Waals surface area contributed by atoms with Crippen molar-refractivity contribution >= 4 is 66.9 Å². The summed E-state index contributed by atoms with van der Waals surface area (Å²) in [5, 5.41) is 5.25. The lowest BCUT2D eigenvalue weighted by molar-refractivity contribution is 0.305. The van der Waals surface area contributed by atoms with Gasteiger partial charge in [0.25, 0.3) is 0 Å². The van der Waals surface area contributed by atoms with E-state index in [1.165, 1.54) is 110 Å². The number of fused-ring (bicyclic) bond motifs is 2. The molecule has 0 unspecified atom stereocenters. The summed E-state index contributed by atoms with van der Waals surface area (Å²) in [6.45, 7) is 6.05. The van der Waals surface area contributed by atoms with Crippen LogP contribution in [0.5, 0.6) is 11.5 Å². The second-order valence-electron chi connectivity index (χ2n) is 13.8. The summed E-state index contributed by atoms with van der Waals surface area (Å²) in [6, 6.07) is 44.3. The van der Waals surface area contributed by atoms with E-state index in [4.69, 9.17) is 9.47 Å². The minimum Gasteiger partial charge on any atom is -0.494 e. The highest BCUT2D eigenvalue weighted by Gasteiger charge is 2.19. The zero-order valence-corrected chi connectivity index (χ0v) is 34.3. The summed E-state index contributed by atoms with van der Waals surface area (Å²) in [7, 11) is 0. The molecule has 0 bridgehead atoms. The maximum absolute atomic E-state index is 6.05. The molecule has 0 N–H and O–H groups in total. The maximum atomic E-state index is 6.05. The van der Waals surface area contributed by atoms with Gasteiger partial charge in [0.1, 0.15) is 11.5 Å². The molecule has 0 aliphatic heterocycles. The van der Waals surface area contributed by atoms with Crippen molar-refractivity contribution < 1.29 is 9.47 Å². The molecular weight excluding hydrogens is 737 g/mol. The first kappa shape index (κ1) is 36.8. The fraction of sp³-hybridized carbons (Fsp3) is 0.250. The second kappa shape index (κ2) is 17.5. The Morgan fingerprint density at radius 2 is 0.722 bits per heavy atom. The number of unbranched alkanes of at least 4 members (excludes halogenated alkanes) is 6. The molecule has 4 aromatic heterocycles. The lowest BCUT2D eigenvalue weighted by Crippen LogP contribution is -1.96. The molecule has 0 aliphatic rings. The fourth-order valence-electron chi connectivity index (χ4n) is 7.00. The van der Waals surface area contributed by atoms with Crippen molar-refractivity contribution in [2.75, 3.05) is 13.2 Å². The maximum Gasteiger partial charge on any atom is 0.119 e. The molecule has 0 aliphatic carbocycles. The van der Waals surface area contributed by atoms with Crippen LogP contribution < -0.4 is 9.47 Å². The van der Waals surface area contributed by atoms with E-state index in [-0.39, 0.29) is 0 Å². The third kappa shape index (κ3) is 8.08. The topological polar surface area (TPSA) is 18.5 Å². The molecule has 274 valence electrons. The Morgan fingerprint density at radius 1 is 0.352 bits per heavy atom. The Morgan fingerprint density at radius 3 is 1.11 bits per heavy atom. The van der Waals surface area contributed by atoms with Gasteiger partial charge in [-0.15, -0.1) is 45.3 Å². The molecule has 0 spiro atoms. The lowest BCUT2D eigenvalue weighted by atomic mass is 10.1. The quantitative estimate of drug-likeness (QED) is 0.0857. The first-order valence-corrected chi connectivity index (χ1v) is 22.7. The zero-order chi connectivity index (χ0) is 36.7. The standard InChI is InChI=1S/C48H46O2S4/c1-3-5-7-13-31-49-35-23-19-33(20-24-35)45-37-15-9-11-17-39(37)47(53-45)43-29-27-41(51-43)42-28-30-44(52-42)48-40-18-12-10-16-38(40)46(54-48)34-21-25-36(26-22-34)50-32-14-8-6-4-2/h9-12,15-30H,3-8,13-14,31-32H2,1-2H3. The van der Waals surface area contributed by atoms with E-state index in [9.17, 15) is 0 Å². The van der Waals surface area contributed by atoms with E-state index >= 15 is 0 Å². The van der Waals surface area contributed by atoms with Gasteiger partial charge in [-0.25, -0.2) is 0 Å². The van der Waals surface area contributed by atoms with Gasteiger partial charge < -0.3 is 9.47 Å². The molecule has 4 aromatic carbocycles. The van der Waals surface area contributed by atoms with Crippen molar-refractivity contribution in [1.82, 2.24) is 0 Å². The number of rotatable bonds is 17. The highest BCUT2D eigenvalue weighted by atomic mass is 32.1. The van der Waals surface area contributed by atoms with E-state index in [0.717, 1.165) is 37.6 Å². The van der Waals surface area contributed by atoms with Gasteiger partial charge in [-0.05, 0) is 96.8 Å². The van der Waals surface area contributed by atoms with Crippen molar-refractivity contribution in [3.05, 3.63) is 121 Å². The molecule has 0 atom stereocenters. The second-order valence-corrected chi connectivity index (χ2v) is 18.0. The smallest absolute Gasteiger partial charge is 0.119 e. The summed E-state index contributed by atoms with van der Waals surface area (Å²) in [4.78, 5) is 10.6. The first-order chi connectivity index (χ1) is 26.7. The fourth-order valence-corrected chi connectivity index (χ4v) is 11.9. The minimum atomic E-state index is 0.785. The normalized spacial score (nSPS) is 11.5. The van der Waals surface area contributed by atoms with E-state index < -0.39 is 0 Å². The van der Waals surface area contributed by atoms with Gasteiger partial charge >= 0.3 is 0 Å². The molecule has 8 aromatic rings. The molecule has 2 nitrogen and oxygen atoms in total. The van der Waals surface area contributed by atoms with Crippen molar-refractivity contribution in [1.29, 1.82) is 0 Å². The Labute approximate surface area is 335 Å². The predicted molar refractivity (Wildman–Crippen MR) is 239 cm³/mol. The van der Waals surface area contributed by atoms with E-state index in [1.54, 1.807) is 0 Å². The molecule has 8 rings (SSSR count). The van der Waals surface area contributed by atoms with Crippen molar-refractivity contribution in [3.8, 4) is 61.6 Å². The summed E-state index contributed by atoms with van der Waals surface area (Å²) in [5.74, 6) is 1.91. The highest BCUT2D eigenvalue weighted by Crippen LogP contribution is 2.50. The van der Waals surface area contributed by atoms with Crippen molar-refractivity contribution in [2.45, 2.75) is 65.2 Å². The summed E-state index contributed by atoms with van der Waals surface area (Å²) >= 11 is 7.59. The third-order valence-corrected chi connectivity index (χ3v) is 15.2. The molecule has 0 amide bonds. The molecular formula is C48H46O2S4. The van der Waals surface area contributed by atoms with Gasteiger partial charge in [0.15, 0.2) is 0 Å². The number of hydrogen-bond donors (Lipinski definition) is 0. The molecule has 0 fully saturated rings. The summed E-state index contributed by atoms with van der Waals surface area (Å²) < 4.78 is 12.1. The largest absolute Gasteiger partial charge is 0.494 e. The monoisotopic (exact) mass is 782 g/mol. The van der Waals surface area contributed by atoms with Crippen molar-refractivity contribution in [2.24, 2.45) is 0 Å². The van der Waals surface area contributed by atoms with Gasteiger partial charge in [-0.3, -0.25) is 0 Å². The number of ether oxygens (including phenoxy) is 2. The van der Waals surface area contributed by atoms with Crippen LogP contribution >= 0.6 is 45.3 Å². The predicted octanol–water partition coefficient (Wildman–Crippen LogP) is 16.5. The van der Waals surface area contributed by atoms with Gasteiger partial charge in [0, 0.05) is 50.8 Å². The number of benzene rings is 4. The highest BCUT2D eigenvalue weighted by molar-refractivity contribution is 7.30. The van der Waals surface area contributed by atoms with E-state index in [1.807, 2.05) is 45.3 Å². The Balaban J connectivity index is 1.02. The Kier molecular flexibility index (Phi) is 11.9. The van der Waals surface area contributed by atoms with Crippen LogP contribution in [0.2, 0.25) is 0 Å². The van der Waals surface area contributed by atoms with Crippen LogP contribution in [0, 0.1) is 0 Å². The average Bonchev–Trinajstić information content (AvgIpc) is 4.03. The SMILES string of the molecule is CCCCCCOc1ccc(-c2sc(-c3ccc(-c4ccc(-c5sc(-c6ccc(OCCCCCC)cc6)c6ccccc56)s4)s3)c3ccccc23)cc1. The third-order valence-electron chi connectivity index (χ3n) is 9.91. The summed E-state index contributed by atoms with van der Waals surface area (Å²) in [6.07, 6.45) is 9.72. The molecule has 0 saturated carbocycles. The molecule has 0 saturated heterocycles. The van der Waals surface area contributed by atoms with E-state index in [0.29, 0.717) is 0 Å². The Hall–Kier alpha value is -4.20. The molecule has 0 radical (unpaired) electrons. The van der Waals surface area contributed by atoms with Gasteiger partial charge in [-0.2, -0.15) is 0 Å². The number of hydrogen-bond acceptors (Lipinski definition) is 6.